The number of hydrogen-bond donors (Lipinski definition) is 4. The van der Waals surface area contributed by atoms with Crippen molar-refractivity contribution in [2.75, 3.05) is 13.1 Å². The van der Waals surface area contributed by atoms with Crippen molar-refractivity contribution in [3.8, 4) is 0 Å². The zero-order valence-corrected chi connectivity index (χ0v) is 16.2. The molecule has 1 atom stereocenters. The number of aliphatic imine (C=N–C) groups is 1. The molecule has 0 saturated heterocycles. The fourth-order valence-corrected chi connectivity index (χ4v) is 3.56. The molecular weight excluding hydrogens is 386 g/mol. The van der Waals surface area contributed by atoms with Gasteiger partial charge in [0.1, 0.15) is 0 Å². The molecule has 9 nitrogen and oxygen atoms in total. The zero-order chi connectivity index (χ0) is 21.7. The third-order valence-corrected chi connectivity index (χ3v) is 4.87. The molecule has 2 amide bonds. The standard InChI is InChI=1S/C21H23N5O4/c22-21(23)25-15-6-3-5-14(10-15)20(30)24-12-18(27)26-9-8-13-4-1-2-7-16(13)17(26)11-19(28)29/h1-7,10,17H,8-9,11-12H2,(H,24,30)(H,28,29)(H4,22,23,25). The van der Waals surface area contributed by atoms with Crippen molar-refractivity contribution in [2.24, 2.45) is 16.5 Å². The molecule has 1 aliphatic rings. The van der Waals surface area contributed by atoms with Gasteiger partial charge in [-0.3, -0.25) is 14.4 Å². The highest BCUT2D eigenvalue weighted by atomic mass is 16.4. The lowest BCUT2D eigenvalue weighted by molar-refractivity contribution is -0.141. The van der Waals surface area contributed by atoms with Gasteiger partial charge < -0.3 is 26.8 Å². The normalized spacial score (nSPS) is 15.1. The van der Waals surface area contributed by atoms with E-state index in [1.807, 2.05) is 24.3 Å². The van der Waals surface area contributed by atoms with Crippen molar-refractivity contribution in [1.29, 1.82) is 0 Å². The molecular formula is C21H23N5O4. The third kappa shape index (κ3) is 4.93. The van der Waals surface area contributed by atoms with Gasteiger partial charge in [0.25, 0.3) is 5.91 Å². The Bertz CT molecular complexity index is 1000. The van der Waals surface area contributed by atoms with Crippen LogP contribution in [0.25, 0.3) is 0 Å². The fraction of sp³-hybridized carbons (Fsp3) is 0.238. The lowest BCUT2D eigenvalue weighted by atomic mass is 9.90. The van der Waals surface area contributed by atoms with E-state index in [4.69, 9.17) is 11.5 Å². The SMILES string of the molecule is NC(N)=Nc1cccc(C(=O)NCC(=O)N2CCc3ccccc3C2CC(=O)O)c1. The van der Waals surface area contributed by atoms with Crippen LogP contribution in [0.4, 0.5) is 5.69 Å². The number of benzene rings is 2. The summed E-state index contributed by atoms with van der Waals surface area (Å²) in [5.74, 6) is -1.92. The largest absolute Gasteiger partial charge is 0.481 e. The van der Waals surface area contributed by atoms with Crippen molar-refractivity contribution in [3.05, 3.63) is 65.2 Å². The minimum Gasteiger partial charge on any atom is -0.481 e. The molecule has 0 aromatic heterocycles. The summed E-state index contributed by atoms with van der Waals surface area (Å²) in [5.41, 5.74) is 13.3. The number of hydrogen-bond acceptors (Lipinski definition) is 4. The number of carbonyl (C=O) groups excluding carboxylic acids is 2. The Balaban J connectivity index is 1.70. The van der Waals surface area contributed by atoms with Gasteiger partial charge in [0, 0.05) is 12.1 Å². The molecule has 1 aliphatic heterocycles. The summed E-state index contributed by atoms with van der Waals surface area (Å²) in [7, 11) is 0. The maximum absolute atomic E-state index is 12.8. The summed E-state index contributed by atoms with van der Waals surface area (Å²) in [4.78, 5) is 42.0. The Hall–Kier alpha value is -3.88. The number of aliphatic carboxylic acids is 1. The van der Waals surface area contributed by atoms with Crippen LogP contribution in [0.5, 0.6) is 0 Å². The summed E-state index contributed by atoms with van der Waals surface area (Å²) in [6, 6.07) is 13.3. The molecule has 0 aliphatic carbocycles. The second-order valence-corrected chi connectivity index (χ2v) is 6.92. The average molecular weight is 409 g/mol. The number of fused-ring (bicyclic) bond motifs is 1. The van der Waals surface area contributed by atoms with E-state index in [1.54, 1.807) is 18.2 Å². The molecule has 3 rings (SSSR count). The number of nitrogens with zero attached hydrogens (tertiary/aromatic N) is 2. The van der Waals surface area contributed by atoms with Crippen LogP contribution in [0.15, 0.2) is 53.5 Å². The lowest BCUT2D eigenvalue weighted by Gasteiger charge is -2.36. The van der Waals surface area contributed by atoms with Gasteiger partial charge in [-0.1, -0.05) is 30.3 Å². The first-order chi connectivity index (χ1) is 14.3. The molecule has 2 aromatic carbocycles. The van der Waals surface area contributed by atoms with Crippen LogP contribution in [0.2, 0.25) is 0 Å². The third-order valence-electron chi connectivity index (χ3n) is 4.87. The highest BCUT2D eigenvalue weighted by Gasteiger charge is 2.32. The maximum Gasteiger partial charge on any atom is 0.305 e. The monoisotopic (exact) mass is 409 g/mol. The molecule has 0 saturated carbocycles. The van der Waals surface area contributed by atoms with Crippen molar-refractivity contribution >= 4 is 29.4 Å². The van der Waals surface area contributed by atoms with Crippen molar-refractivity contribution < 1.29 is 19.5 Å². The number of amides is 2. The number of nitrogens with one attached hydrogen (secondary N) is 1. The second kappa shape index (κ2) is 9.08. The zero-order valence-electron chi connectivity index (χ0n) is 16.2. The number of guanidine groups is 1. The van der Waals surface area contributed by atoms with Crippen LogP contribution < -0.4 is 16.8 Å². The minimum absolute atomic E-state index is 0.127. The van der Waals surface area contributed by atoms with Crippen LogP contribution in [-0.4, -0.2) is 46.8 Å². The van der Waals surface area contributed by atoms with Crippen LogP contribution in [0, 0.1) is 0 Å². The topological polar surface area (TPSA) is 151 Å². The Labute approximate surface area is 173 Å². The molecule has 1 heterocycles. The van der Waals surface area contributed by atoms with Crippen LogP contribution in [0.3, 0.4) is 0 Å². The van der Waals surface area contributed by atoms with Gasteiger partial charge in [-0.05, 0) is 35.7 Å². The van der Waals surface area contributed by atoms with E-state index < -0.39 is 17.9 Å². The van der Waals surface area contributed by atoms with Crippen LogP contribution in [0.1, 0.15) is 33.9 Å². The summed E-state index contributed by atoms with van der Waals surface area (Å²) in [5, 5.41) is 11.9. The number of carboxylic acid groups (broad SMARTS) is 1. The minimum atomic E-state index is -0.991. The smallest absolute Gasteiger partial charge is 0.305 e. The van der Waals surface area contributed by atoms with Gasteiger partial charge in [-0.25, -0.2) is 4.99 Å². The van der Waals surface area contributed by atoms with E-state index >= 15 is 0 Å². The van der Waals surface area contributed by atoms with E-state index in [-0.39, 0.29) is 24.8 Å². The van der Waals surface area contributed by atoms with Gasteiger partial charge in [0.05, 0.1) is 24.7 Å². The van der Waals surface area contributed by atoms with E-state index in [0.29, 0.717) is 24.2 Å². The highest BCUT2D eigenvalue weighted by Crippen LogP contribution is 2.32. The average Bonchev–Trinajstić information content (AvgIpc) is 2.71. The predicted octanol–water partition coefficient (Wildman–Crippen LogP) is 0.922. The summed E-state index contributed by atoms with van der Waals surface area (Å²) in [6.45, 7) is 0.146. The van der Waals surface area contributed by atoms with Crippen LogP contribution in [-0.2, 0) is 16.0 Å². The van der Waals surface area contributed by atoms with Crippen molar-refractivity contribution in [1.82, 2.24) is 10.2 Å². The molecule has 1 unspecified atom stereocenters. The Kier molecular flexibility index (Phi) is 6.31. The molecule has 6 N–H and O–H groups in total. The molecule has 156 valence electrons. The number of rotatable bonds is 6. The highest BCUT2D eigenvalue weighted by molar-refractivity contribution is 5.97. The molecule has 0 fully saturated rings. The summed E-state index contributed by atoms with van der Waals surface area (Å²) >= 11 is 0. The first-order valence-corrected chi connectivity index (χ1v) is 9.42. The molecule has 0 radical (unpaired) electrons. The molecule has 30 heavy (non-hydrogen) atoms. The van der Waals surface area contributed by atoms with E-state index in [0.717, 1.165) is 11.1 Å². The number of carboxylic acids is 1. The maximum atomic E-state index is 12.8. The lowest BCUT2D eigenvalue weighted by Crippen LogP contribution is -2.45. The van der Waals surface area contributed by atoms with Gasteiger partial charge in [-0.2, -0.15) is 0 Å². The van der Waals surface area contributed by atoms with Gasteiger partial charge in [-0.15, -0.1) is 0 Å². The van der Waals surface area contributed by atoms with Gasteiger partial charge >= 0.3 is 5.97 Å². The van der Waals surface area contributed by atoms with E-state index in [1.165, 1.54) is 11.0 Å². The molecule has 0 bridgehead atoms. The number of nitrogens with two attached hydrogens (primary N) is 2. The summed E-state index contributed by atoms with van der Waals surface area (Å²) in [6.07, 6.45) is 0.434. The Morgan fingerprint density at radius 2 is 1.90 bits per heavy atom. The van der Waals surface area contributed by atoms with Crippen molar-refractivity contribution in [2.45, 2.75) is 18.9 Å². The van der Waals surface area contributed by atoms with E-state index in [2.05, 4.69) is 10.3 Å². The molecule has 2 aromatic rings. The fourth-order valence-electron chi connectivity index (χ4n) is 3.56. The predicted molar refractivity (Wildman–Crippen MR) is 111 cm³/mol. The Morgan fingerprint density at radius 1 is 1.13 bits per heavy atom. The van der Waals surface area contributed by atoms with Gasteiger partial charge in [0.15, 0.2) is 5.96 Å². The first-order valence-electron chi connectivity index (χ1n) is 9.42. The molecule has 9 heteroatoms. The van der Waals surface area contributed by atoms with Crippen LogP contribution >= 0.6 is 0 Å². The van der Waals surface area contributed by atoms with E-state index in [9.17, 15) is 19.5 Å². The molecule has 0 spiro atoms. The van der Waals surface area contributed by atoms with Gasteiger partial charge in [0.2, 0.25) is 5.91 Å². The summed E-state index contributed by atoms with van der Waals surface area (Å²) < 4.78 is 0. The first kappa shape index (κ1) is 20.8. The number of carbonyl (C=O) groups is 3. The quantitative estimate of drug-likeness (QED) is 0.411. The van der Waals surface area contributed by atoms with Crippen molar-refractivity contribution in [3.63, 3.8) is 0 Å². The Morgan fingerprint density at radius 3 is 2.63 bits per heavy atom. The second-order valence-electron chi connectivity index (χ2n) is 6.92.